The smallest absolute Gasteiger partial charge is 0.126 e. The Hall–Kier alpha value is -1.93. The second kappa shape index (κ2) is 11.0. The number of hydrogen-bond acceptors (Lipinski definition) is 4. The topological polar surface area (TPSA) is 36.9 Å². The van der Waals surface area contributed by atoms with Crippen molar-refractivity contribution < 1.29 is 18.9 Å². The van der Waals surface area contributed by atoms with E-state index in [0.29, 0.717) is 0 Å². The first kappa shape index (κ1) is 21.4. The van der Waals surface area contributed by atoms with Crippen molar-refractivity contribution in [2.45, 2.75) is 31.6 Å². The van der Waals surface area contributed by atoms with Gasteiger partial charge in [-0.05, 0) is 43.3 Å². The molecule has 4 nitrogen and oxygen atoms in total. The van der Waals surface area contributed by atoms with E-state index in [2.05, 4.69) is 9.24 Å². The predicted molar refractivity (Wildman–Crippen MR) is 114 cm³/mol. The average Bonchev–Trinajstić information content (AvgIpc) is 2.73. The molecule has 148 valence electrons. The lowest BCUT2D eigenvalue weighted by molar-refractivity contribution is 0.365. The minimum Gasteiger partial charge on any atom is -0.496 e. The molecule has 0 N–H and O–H groups in total. The van der Waals surface area contributed by atoms with Gasteiger partial charge in [0, 0.05) is 17.0 Å². The monoisotopic (exact) mass is 390 g/mol. The van der Waals surface area contributed by atoms with E-state index in [-0.39, 0.29) is 5.92 Å². The van der Waals surface area contributed by atoms with Crippen molar-refractivity contribution in [1.82, 2.24) is 0 Å². The van der Waals surface area contributed by atoms with E-state index >= 15 is 0 Å². The first-order valence-electron chi connectivity index (χ1n) is 9.33. The largest absolute Gasteiger partial charge is 0.496 e. The van der Waals surface area contributed by atoms with Gasteiger partial charge in [-0.3, -0.25) is 0 Å². The molecule has 0 bridgehead atoms. The van der Waals surface area contributed by atoms with Crippen LogP contribution in [-0.2, 0) is 0 Å². The van der Waals surface area contributed by atoms with Crippen molar-refractivity contribution >= 4 is 9.24 Å². The molecule has 1 atom stereocenters. The van der Waals surface area contributed by atoms with E-state index in [0.717, 1.165) is 53.1 Å². The maximum atomic E-state index is 5.70. The Morgan fingerprint density at radius 3 is 1.41 bits per heavy atom. The second-order valence-corrected chi connectivity index (χ2v) is 6.92. The summed E-state index contributed by atoms with van der Waals surface area (Å²) in [5.74, 6) is 3.32. The van der Waals surface area contributed by atoms with Crippen molar-refractivity contribution in [1.29, 1.82) is 0 Å². The zero-order chi connectivity index (χ0) is 19.6. The Kier molecular flexibility index (Phi) is 8.74. The maximum Gasteiger partial charge on any atom is 0.126 e. The summed E-state index contributed by atoms with van der Waals surface area (Å²) in [5.41, 5.74) is 2.08. The summed E-state index contributed by atoms with van der Waals surface area (Å²) >= 11 is 0. The lowest BCUT2D eigenvalue weighted by Crippen LogP contribution is -2.09. The van der Waals surface area contributed by atoms with E-state index in [4.69, 9.17) is 18.9 Å². The molecule has 0 aliphatic heterocycles. The Labute approximate surface area is 165 Å². The molecule has 0 aromatic heterocycles. The van der Waals surface area contributed by atoms with E-state index in [9.17, 15) is 0 Å². The van der Waals surface area contributed by atoms with Crippen molar-refractivity contribution in [3.8, 4) is 23.0 Å². The van der Waals surface area contributed by atoms with Gasteiger partial charge in [0.25, 0.3) is 0 Å². The van der Waals surface area contributed by atoms with Crippen molar-refractivity contribution in [3.05, 3.63) is 47.5 Å². The van der Waals surface area contributed by atoms with Gasteiger partial charge in [-0.15, -0.1) is 9.24 Å². The van der Waals surface area contributed by atoms with Gasteiger partial charge >= 0.3 is 0 Å². The van der Waals surface area contributed by atoms with Crippen LogP contribution in [0.5, 0.6) is 23.0 Å². The Bertz CT molecular complexity index is 617. The first-order chi connectivity index (χ1) is 13.2. The molecule has 2 rings (SSSR count). The number of hydrogen-bond donors (Lipinski definition) is 0. The van der Waals surface area contributed by atoms with Gasteiger partial charge in [0.15, 0.2) is 0 Å². The van der Waals surface area contributed by atoms with Gasteiger partial charge in [-0.2, -0.15) is 0 Å². The molecule has 0 saturated heterocycles. The number of ether oxygens (including phenoxy) is 4. The third-order valence-electron chi connectivity index (χ3n) is 4.83. The number of methoxy groups -OCH3 is 4. The van der Waals surface area contributed by atoms with Crippen LogP contribution in [0.2, 0.25) is 0 Å². The van der Waals surface area contributed by atoms with Gasteiger partial charge in [0.05, 0.1) is 28.4 Å². The Balaban J connectivity index is 2.61. The lowest BCUT2D eigenvalue weighted by atomic mass is 9.84. The molecule has 0 fully saturated rings. The molecular weight excluding hydrogens is 359 g/mol. The molecular formula is C22H31O4P. The highest BCUT2D eigenvalue weighted by atomic mass is 31.0. The van der Waals surface area contributed by atoms with Gasteiger partial charge in [0.1, 0.15) is 23.0 Å². The molecule has 2 aromatic rings. The molecule has 0 spiro atoms. The van der Waals surface area contributed by atoms with E-state index in [1.165, 1.54) is 12.8 Å². The summed E-state index contributed by atoms with van der Waals surface area (Å²) in [6.07, 6.45) is 5.55. The third kappa shape index (κ3) is 5.07. The van der Waals surface area contributed by atoms with E-state index in [1.54, 1.807) is 28.4 Å². The van der Waals surface area contributed by atoms with Crippen LogP contribution in [0.25, 0.3) is 0 Å². The minimum atomic E-state index is 0.0479. The highest BCUT2D eigenvalue weighted by Gasteiger charge is 2.28. The van der Waals surface area contributed by atoms with Gasteiger partial charge < -0.3 is 18.9 Å². The SMILES string of the molecule is COc1cccc(OC)c1C(CCCCCP)c1c(OC)cccc1OC. The zero-order valence-corrected chi connectivity index (χ0v) is 17.9. The van der Waals surface area contributed by atoms with Crippen LogP contribution in [0.1, 0.15) is 42.7 Å². The normalized spacial score (nSPS) is 10.7. The van der Waals surface area contributed by atoms with E-state index in [1.807, 2.05) is 36.4 Å². The minimum absolute atomic E-state index is 0.0479. The van der Waals surface area contributed by atoms with Crippen molar-refractivity contribution in [2.75, 3.05) is 34.6 Å². The van der Waals surface area contributed by atoms with Gasteiger partial charge in [0.2, 0.25) is 0 Å². The molecule has 0 aliphatic rings. The molecule has 0 radical (unpaired) electrons. The number of rotatable bonds is 11. The second-order valence-electron chi connectivity index (χ2n) is 6.34. The van der Waals surface area contributed by atoms with Crippen LogP contribution < -0.4 is 18.9 Å². The quantitative estimate of drug-likeness (QED) is 0.386. The molecule has 1 unspecified atom stereocenters. The van der Waals surface area contributed by atoms with Crippen LogP contribution in [0.4, 0.5) is 0 Å². The number of benzene rings is 2. The van der Waals surface area contributed by atoms with Crippen LogP contribution in [0.3, 0.4) is 0 Å². The van der Waals surface area contributed by atoms with Crippen LogP contribution >= 0.6 is 9.24 Å². The highest BCUT2D eigenvalue weighted by molar-refractivity contribution is 7.16. The summed E-state index contributed by atoms with van der Waals surface area (Å²) in [7, 11) is 9.59. The van der Waals surface area contributed by atoms with Crippen LogP contribution in [0, 0.1) is 0 Å². The maximum absolute atomic E-state index is 5.70. The fraction of sp³-hybridized carbons (Fsp3) is 0.455. The Morgan fingerprint density at radius 1 is 0.667 bits per heavy atom. The summed E-state index contributed by atoms with van der Waals surface area (Å²) in [6.45, 7) is 0. The van der Waals surface area contributed by atoms with Crippen LogP contribution in [0.15, 0.2) is 36.4 Å². The number of unbranched alkanes of at least 4 members (excludes halogenated alkanes) is 2. The van der Waals surface area contributed by atoms with Crippen molar-refractivity contribution in [2.24, 2.45) is 0 Å². The third-order valence-corrected chi connectivity index (χ3v) is 5.23. The molecule has 5 heteroatoms. The lowest BCUT2D eigenvalue weighted by Gasteiger charge is -2.26. The molecule has 0 heterocycles. The average molecular weight is 390 g/mol. The highest BCUT2D eigenvalue weighted by Crippen LogP contribution is 2.47. The van der Waals surface area contributed by atoms with E-state index < -0.39 is 0 Å². The molecule has 0 aliphatic carbocycles. The standard InChI is InChI=1S/C22H31O4P/c1-23-17-11-8-12-18(24-2)21(17)16(10-6-5-7-15-27)22-19(25-3)13-9-14-20(22)26-4/h8-9,11-14,16H,5-7,10,15,27H2,1-4H3. The summed E-state index contributed by atoms with van der Waals surface area (Å²) in [4.78, 5) is 0. The van der Waals surface area contributed by atoms with Crippen molar-refractivity contribution in [3.63, 3.8) is 0 Å². The fourth-order valence-corrected chi connectivity index (χ4v) is 3.84. The summed E-state index contributed by atoms with van der Waals surface area (Å²) < 4.78 is 22.8. The predicted octanol–water partition coefficient (Wildman–Crippen LogP) is 5.29. The first-order valence-corrected chi connectivity index (χ1v) is 10.1. The van der Waals surface area contributed by atoms with Gasteiger partial charge in [-0.1, -0.05) is 25.0 Å². The molecule has 0 saturated carbocycles. The van der Waals surface area contributed by atoms with Gasteiger partial charge in [-0.25, -0.2) is 0 Å². The summed E-state index contributed by atoms with van der Waals surface area (Å²) in [6, 6.07) is 11.8. The molecule has 0 amide bonds. The Morgan fingerprint density at radius 2 is 1.07 bits per heavy atom. The molecule has 27 heavy (non-hydrogen) atoms. The summed E-state index contributed by atoms with van der Waals surface area (Å²) in [5, 5.41) is 0. The molecule has 2 aromatic carbocycles. The zero-order valence-electron chi connectivity index (χ0n) is 16.8. The van der Waals surface area contributed by atoms with Crippen LogP contribution in [-0.4, -0.2) is 34.6 Å². The fourth-order valence-electron chi connectivity index (χ4n) is 3.55.